The maximum atomic E-state index is 13.4. The number of hydrogen-bond acceptors (Lipinski definition) is 2. The number of benzene rings is 1. The minimum Gasteiger partial charge on any atom is -0.393 e. The van der Waals surface area contributed by atoms with Gasteiger partial charge in [0.2, 0.25) is 0 Å². The molecule has 6 heteroatoms. The van der Waals surface area contributed by atoms with Crippen molar-refractivity contribution in [3.63, 3.8) is 0 Å². The van der Waals surface area contributed by atoms with Crippen LogP contribution in [0.5, 0.6) is 0 Å². The highest BCUT2D eigenvalue weighted by molar-refractivity contribution is 5.89. The van der Waals surface area contributed by atoms with Crippen molar-refractivity contribution in [1.82, 2.24) is 4.90 Å². The van der Waals surface area contributed by atoms with Crippen LogP contribution in [0, 0.1) is 17.6 Å². The van der Waals surface area contributed by atoms with Crippen LogP contribution in [0.4, 0.5) is 19.3 Å². The van der Waals surface area contributed by atoms with Crippen molar-refractivity contribution in [2.75, 3.05) is 18.4 Å². The average molecular weight is 270 g/mol. The number of carbonyl (C=O) groups excluding carboxylic acids is 1. The molecule has 1 aromatic carbocycles. The van der Waals surface area contributed by atoms with E-state index in [1.165, 1.54) is 11.0 Å². The van der Waals surface area contributed by atoms with E-state index in [4.69, 9.17) is 0 Å². The van der Waals surface area contributed by atoms with Crippen LogP contribution in [-0.2, 0) is 0 Å². The number of nitrogens with one attached hydrogen (secondary N) is 1. The van der Waals surface area contributed by atoms with E-state index >= 15 is 0 Å². The molecule has 0 radical (unpaired) electrons. The molecule has 1 saturated heterocycles. The predicted molar refractivity (Wildman–Crippen MR) is 66.7 cm³/mol. The normalized spacial score (nSPS) is 20.4. The number of hydrogen-bond donors (Lipinski definition) is 2. The third-order valence-electron chi connectivity index (χ3n) is 3.37. The van der Waals surface area contributed by atoms with Gasteiger partial charge in [-0.1, -0.05) is 0 Å². The first-order chi connectivity index (χ1) is 8.97. The lowest BCUT2D eigenvalue weighted by atomic mass is 10.0. The lowest BCUT2D eigenvalue weighted by Gasteiger charge is -2.18. The van der Waals surface area contributed by atoms with Crippen LogP contribution >= 0.6 is 0 Å². The number of aliphatic hydroxyl groups is 1. The van der Waals surface area contributed by atoms with Gasteiger partial charge in [-0.2, -0.15) is 0 Å². The van der Waals surface area contributed by atoms with E-state index in [9.17, 15) is 18.7 Å². The van der Waals surface area contributed by atoms with Gasteiger partial charge < -0.3 is 15.3 Å². The highest BCUT2D eigenvalue weighted by atomic mass is 19.1. The summed E-state index contributed by atoms with van der Waals surface area (Å²) in [5.74, 6) is -1.45. The zero-order valence-electron chi connectivity index (χ0n) is 10.6. The summed E-state index contributed by atoms with van der Waals surface area (Å²) in [4.78, 5) is 13.4. The Morgan fingerprint density at radius 1 is 1.53 bits per heavy atom. The number of aliphatic hydroxyl groups excluding tert-OH is 1. The molecule has 2 rings (SSSR count). The Balaban J connectivity index is 1.98. The van der Waals surface area contributed by atoms with Gasteiger partial charge >= 0.3 is 6.03 Å². The van der Waals surface area contributed by atoms with E-state index in [2.05, 4.69) is 5.32 Å². The second kappa shape index (κ2) is 5.52. The van der Waals surface area contributed by atoms with Crippen LogP contribution in [0.3, 0.4) is 0 Å². The largest absolute Gasteiger partial charge is 0.393 e. The third kappa shape index (κ3) is 3.20. The van der Waals surface area contributed by atoms with Gasteiger partial charge in [0, 0.05) is 25.1 Å². The summed E-state index contributed by atoms with van der Waals surface area (Å²) in [6, 6.07) is 2.55. The van der Waals surface area contributed by atoms with Gasteiger partial charge in [0.25, 0.3) is 0 Å². The highest BCUT2D eigenvalue weighted by Gasteiger charge is 2.29. The molecule has 2 amide bonds. The lowest BCUT2D eigenvalue weighted by Crippen LogP contribution is -2.34. The summed E-state index contributed by atoms with van der Waals surface area (Å²) in [6.07, 6.45) is 0.247. The molecule has 104 valence electrons. The number of nitrogens with zero attached hydrogens (tertiary/aromatic N) is 1. The number of rotatable bonds is 2. The second-order valence-electron chi connectivity index (χ2n) is 4.79. The Kier molecular flexibility index (Phi) is 3.99. The Bertz CT molecular complexity index is 480. The third-order valence-corrected chi connectivity index (χ3v) is 3.37. The van der Waals surface area contributed by atoms with Gasteiger partial charge in [-0.05, 0) is 25.5 Å². The van der Waals surface area contributed by atoms with E-state index in [1.54, 1.807) is 6.92 Å². The van der Waals surface area contributed by atoms with Crippen LogP contribution in [0.1, 0.15) is 13.3 Å². The molecule has 0 saturated carbocycles. The van der Waals surface area contributed by atoms with Gasteiger partial charge in [0.15, 0.2) is 0 Å². The number of urea groups is 1. The fourth-order valence-electron chi connectivity index (χ4n) is 2.15. The summed E-state index contributed by atoms with van der Waals surface area (Å²) in [5, 5.41) is 11.9. The summed E-state index contributed by atoms with van der Waals surface area (Å²) < 4.78 is 26.1. The first-order valence-electron chi connectivity index (χ1n) is 6.16. The summed E-state index contributed by atoms with van der Waals surface area (Å²) in [5.41, 5.74) is -0.0492. The second-order valence-corrected chi connectivity index (χ2v) is 4.79. The minimum atomic E-state index is -0.806. The van der Waals surface area contributed by atoms with Crippen LogP contribution in [0.25, 0.3) is 0 Å². The molecule has 0 spiro atoms. The number of likely N-dealkylation sites (tertiary alicyclic amines) is 1. The van der Waals surface area contributed by atoms with Crippen molar-refractivity contribution in [2.45, 2.75) is 19.4 Å². The molecule has 0 aliphatic carbocycles. The minimum absolute atomic E-state index is 0.0452. The van der Waals surface area contributed by atoms with Crippen molar-refractivity contribution < 1.29 is 18.7 Å². The monoisotopic (exact) mass is 270 g/mol. The Hall–Kier alpha value is -1.69. The standard InChI is InChI=1S/C13H16F2N2O2/c1-8(18)9-4-5-17(7-9)13(19)16-12-3-2-10(14)6-11(12)15/h2-3,6,8-9,18H,4-5,7H2,1H3,(H,16,19). The molecule has 19 heavy (non-hydrogen) atoms. The Labute approximate surface area is 110 Å². The van der Waals surface area contributed by atoms with Crippen molar-refractivity contribution in [3.8, 4) is 0 Å². The van der Waals surface area contributed by atoms with Crippen LogP contribution in [0.15, 0.2) is 18.2 Å². The molecule has 1 aliphatic heterocycles. The summed E-state index contributed by atoms with van der Waals surface area (Å²) in [6.45, 7) is 2.64. The molecule has 2 atom stereocenters. The maximum absolute atomic E-state index is 13.4. The maximum Gasteiger partial charge on any atom is 0.321 e. The average Bonchev–Trinajstić information content (AvgIpc) is 2.82. The topological polar surface area (TPSA) is 52.6 Å². The SMILES string of the molecule is CC(O)C1CCN(C(=O)Nc2ccc(F)cc2F)C1. The molecule has 0 aromatic heterocycles. The van der Waals surface area contributed by atoms with E-state index < -0.39 is 23.8 Å². The molecule has 1 aromatic rings. The molecule has 2 N–H and O–H groups in total. The quantitative estimate of drug-likeness (QED) is 0.865. The van der Waals surface area contributed by atoms with E-state index in [0.29, 0.717) is 13.1 Å². The molecule has 0 bridgehead atoms. The van der Waals surface area contributed by atoms with E-state index in [-0.39, 0.29) is 11.6 Å². The number of halogens is 2. The van der Waals surface area contributed by atoms with Gasteiger partial charge in [0.05, 0.1) is 11.8 Å². The molecular weight excluding hydrogens is 254 g/mol. The van der Waals surface area contributed by atoms with E-state index in [1.807, 2.05) is 0 Å². The first kappa shape index (κ1) is 13.7. The fourth-order valence-corrected chi connectivity index (χ4v) is 2.15. The van der Waals surface area contributed by atoms with Crippen molar-refractivity contribution in [1.29, 1.82) is 0 Å². The van der Waals surface area contributed by atoms with Crippen LogP contribution in [0.2, 0.25) is 0 Å². The van der Waals surface area contributed by atoms with Gasteiger partial charge in [0.1, 0.15) is 11.6 Å². The smallest absolute Gasteiger partial charge is 0.321 e. The van der Waals surface area contributed by atoms with Crippen molar-refractivity contribution >= 4 is 11.7 Å². The van der Waals surface area contributed by atoms with Crippen molar-refractivity contribution in [2.24, 2.45) is 5.92 Å². The van der Waals surface area contributed by atoms with Gasteiger partial charge in [-0.3, -0.25) is 0 Å². The zero-order chi connectivity index (χ0) is 14.0. The number of anilines is 1. The molecule has 4 nitrogen and oxygen atoms in total. The Morgan fingerprint density at radius 2 is 2.26 bits per heavy atom. The van der Waals surface area contributed by atoms with Crippen LogP contribution < -0.4 is 5.32 Å². The molecule has 1 aliphatic rings. The summed E-state index contributed by atoms with van der Waals surface area (Å²) in [7, 11) is 0. The highest BCUT2D eigenvalue weighted by Crippen LogP contribution is 2.21. The van der Waals surface area contributed by atoms with Gasteiger partial charge in [-0.15, -0.1) is 0 Å². The van der Waals surface area contributed by atoms with E-state index in [0.717, 1.165) is 18.6 Å². The van der Waals surface area contributed by atoms with Crippen LogP contribution in [-0.4, -0.2) is 35.2 Å². The molecule has 1 fully saturated rings. The molecular formula is C13H16F2N2O2. The van der Waals surface area contributed by atoms with Gasteiger partial charge in [-0.25, -0.2) is 13.6 Å². The first-order valence-corrected chi connectivity index (χ1v) is 6.16. The Morgan fingerprint density at radius 3 is 2.84 bits per heavy atom. The molecule has 1 heterocycles. The summed E-state index contributed by atoms with van der Waals surface area (Å²) >= 11 is 0. The lowest BCUT2D eigenvalue weighted by molar-refractivity contribution is 0.130. The molecule has 2 unspecified atom stereocenters. The number of amides is 2. The van der Waals surface area contributed by atoms with Crippen molar-refractivity contribution in [3.05, 3.63) is 29.8 Å². The zero-order valence-corrected chi connectivity index (χ0v) is 10.6. The predicted octanol–water partition coefficient (Wildman–Crippen LogP) is 2.20. The number of carbonyl (C=O) groups is 1. The fraction of sp³-hybridized carbons (Fsp3) is 0.462.